The lowest BCUT2D eigenvalue weighted by molar-refractivity contribution is 0.538. The van der Waals surface area contributed by atoms with Gasteiger partial charge in [0.2, 0.25) is 0 Å². The van der Waals surface area contributed by atoms with E-state index in [4.69, 9.17) is 0 Å². The van der Waals surface area contributed by atoms with Crippen molar-refractivity contribution >= 4 is 10.9 Å². The number of aryl methyl sites for hydroxylation is 1. The van der Waals surface area contributed by atoms with Crippen molar-refractivity contribution in [1.82, 2.24) is 4.57 Å². The van der Waals surface area contributed by atoms with Gasteiger partial charge in [0, 0.05) is 23.1 Å². The van der Waals surface area contributed by atoms with Crippen molar-refractivity contribution in [3.63, 3.8) is 0 Å². The van der Waals surface area contributed by atoms with Crippen LogP contribution in [0.5, 0.6) is 0 Å². The molecule has 2 aromatic carbocycles. The Kier molecular flexibility index (Phi) is 3.35. The number of fused-ring (bicyclic) bond motifs is 1. The van der Waals surface area contributed by atoms with Gasteiger partial charge < -0.3 is 4.57 Å². The van der Waals surface area contributed by atoms with Crippen molar-refractivity contribution in [2.75, 3.05) is 0 Å². The third-order valence-electron chi connectivity index (χ3n) is 3.64. The Morgan fingerprint density at radius 1 is 1.10 bits per heavy atom. The summed E-state index contributed by atoms with van der Waals surface area (Å²) in [5, 5.41) is 1.27. The van der Waals surface area contributed by atoms with E-state index in [0.29, 0.717) is 5.92 Å². The average Bonchev–Trinajstić information content (AvgIpc) is 2.78. The Balaban J connectivity index is 2.20. The van der Waals surface area contributed by atoms with Gasteiger partial charge in [-0.3, -0.25) is 0 Å². The fourth-order valence-corrected chi connectivity index (χ4v) is 2.68. The van der Waals surface area contributed by atoms with Crippen LogP contribution in [0.2, 0.25) is 0 Å². The Morgan fingerprint density at radius 3 is 2.55 bits per heavy atom. The van der Waals surface area contributed by atoms with Gasteiger partial charge >= 0.3 is 0 Å². The molecule has 0 fully saturated rings. The predicted octanol–water partition coefficient (Wildman–Crippen LogP) is 5.07. The zero-order valence-electron chi connectivity index (χ0n) is 12.4. The Labute approximate surface area is 120 Å². The second-order valence-corrected chi connectivity index (χ2v) is 5.88. The van der Waals surface area contributed by atoms with E-state index in [1.807, 2.05) is 6.07 Å². The van der Waals surface area contributed by atoms with Gasteiger partial charge in [-0.15, -0.1) is 0 Å². The molecule has 0 N–H and O–H groups in total. The van der Waals surface area contributed by atoms with Gasteiger partial charge in [0.05, 0.1) is 0 Å². The molecule has 101 valence electrons. The molecule has 0 aliphatic heterocycles. The standard InChI is InChI=1S/C19H20N/c1-14(2)13-20-18-7-5-4-6-17(18)12-19(20)16-10-8-15(3)9-11-16/h5-12,14H,13H2,1-3H3. The molecular weight excluding hydrogens is 242 g/mol. The molecule has 0 amide bonds. The topological polar surface area (TPSA) is 4.93 Å². The summed E-state index contributed by atoms with van der Waals surface area (Å²) in [5.41, 5.74) is 5.18. The summed E-state index contributed by atoms with van der Waals surface area (Å²) in [4.78, 5) is 0. The number of nitrogens with zero attached hydrogens (tertiary/aromatic N) is 1. The van der Waals surface area contributed by atoms with E-state index in [1.165, 1.54) is 27.7 Å². The fraction of sp³-hybridized carbons (Fsp3) is 0.263. The van der Waals surface area contributed by atoms with E-state index in [-0.39, 0.29) is 0 Å². The van der Waals surface area contributed by atoms with Crippen LogP contribution in [0.4, 0.5) is 0 Å². The van der Waals surface area contributed by atoms with Crippen LogP contribution >= 0.6 is 0 Å². The Hall–Kier alpha value is -2.02. The molecule has 0 atom stereocenters. The first-order chi connectivity index (χ1) is 9.65. The summed E-state index contributed by atoms with van der Waals surface area (Å²) >= 11 is 0. The van der Waals surface area contributed by atoms with Gasteiger partial charge in [-0.2, -0.15) is 0 Å². The van der Waals surface area contributed by atoms with Gasteiger partial charge in [0.15, 0.2) is 0 Å². The van der Waals surface area contributed by atoms with Crippen molar-refractivity contribution < 1.29 is 0 Å². The van der Waals surface area contributed by atoms with Gasteiger partial charge in [0.1, 0.15) is 0 Å². The van der Waals surface area contributed by atoms with Crippen LogP contribution < -0.4 is 0 Å². The summed E-state index contributed by atoms with van der Waals surface area (Å²) in [6.07, 6.45) is 0. The molecule has 0 saturated carbocycles. The smallest absolute Gasteiger partial charge is 0.0491 e. The minimum absolute atomic E-state index is 0.624. The van der Waals surface area contributed by atoms with Crippen molar-refractivity contribution in [2.45, 2.75) is 27.3 Å². The van der Waals surface area contributed by atoms with Gasteiger partial charge in [-0.25, -0.2) is 0 Å². The molecule has 1 nitrogen and oxygen atoms in total. The van der Waals surface area contributed by atoms with Crippen molar-refractivity contribution in [1.29, 1.82) is 0 Å². The highest BCUT2D eigenvalue weighted by Gasteiger charge is 2.11. The zero-order valence-corrected chi connectivity index (χ0v) is 12.4. The monoisotopic (exact) mass is 262 g/mol. The second-order valence-electron chi connectivity index (χ2n) is 5.88. The molecule has 3 rings (SSSR count). The molecule has 0 unspecified atom stereocenters. The Bertz CT molecular complexity index is 717. The van der Waals surface area contributed by atoms with Gasteiger partial charge in [-0.05, 0) is 42.7 Å². The molecule has 1 heteroatoms. The highest BCUT2D eigenvalue weighted by atomic mass is 15.0. The number of hydrogen-bond donors (Lipinski definition) is 0. The summed E-state index contributed by atoms with van der Waals surface area (Å²) in [7, 11) is 0. The molecule has 0 spiro atoms. The third kappa shape index (κ3) is 2.36. The van der Waals surface area contributed by atoms with Crippen LogP contribution in [-0.2, 0) is 6.54 Å². The molecular formula is C19H20N. The Morgan fingerprint density at radius 2 is 1.85 bits per heavy atom. The summed E-state index contributed by atoms with van der Waals surface area (Å²) in [5.74, 6) is 0.624. The van der Waals surface area contributed by atoms with Crippen LogP contribution in [0.3, 0.4) is 0 Å². The molecule has 20 heavy (non-hydrogen) atoms. The first kappa shape index (κ1) is 13.0. The largest absolute Gasteiger partial charge is 0.340 e. The number of rotatable bonds is 3. The number of hydrogen-bond acceptors (Lipinski definition) is 0. The highest BCUT2D eigenvalue weighted by molar-refractivity contribution is 5.87. The maximum absolute atomic E-state index is 3.18. The van der Waals surface area contributed by atoms with Crippen LogP contribution in [0.1, 0.15) is 19.4 Å². The maximum Gasteiger partial charge on any atom is 0.0491 e. The van der Waals surface area contributed by atoms with Gasteiger partial charge in [-0.1, -0.05) is 49.7 Å². The average molecular weight is 262 g/mol. The zero-order chi connectivity index (χ0) is 14.1. The van der Waals surface area contributed by atoms with E-state index in [9.17, 15) is 0 Å². The van der Waals surface area contributed by atoms with Crippen LogP contribution in [0.15, 0.2) is 48.5 Å². The van der Waals surface area contributed by atoms with Crippen molar-refractivity contribution in [3.8, 4) is 11.3 Å². The van der Waals surface area contributed by atoms with Gasteiger partial charge in [0.25, 0.3) is 0 Å². The SMILES string of the molecule is Cc1ccc(-c2cc3c[c]ccc3n2CC(C)C)cc1. The van der Waals surface area contributed by atoms with Crippen LogP contribution in [0, 0.1) is 18.9 Å². The second kappa shape index (κ2) is 5.16. The first-order valence-electron chi connectivity index (χ1n) is 7.21. The minimum atomic E-state index is 0.624. The summed E-state index contributed by atoms with van der Waals surface area (Å²) < 4.78 is 2.43. The summed E-state index contributed by atoms with van der Waals surface area (Å²) in [6.45, 7) is 7.69. The molecule has 0 bridgehead atoms. The normalized spacial score (nSPS) is 11.4. The molecule has 1 radical (unpaired) electrons. The predicted molar refractivity (Wildman–Crippen MR) is 85.8 cm³/mol. The van der Waals surface area contributed by atoms with E-state index >= 15 is 0 Å². The lowest BCUT2D eigenvalue weighted by Crippen LogP contribution is -2.05. The molecule has 0 aliphatic rings. The van der Waals surface area contributed by atoms with E-state index in [1.54, 1.807) is 0 Å². The van der Waals surface area contributed by atoms with E-state index < -0.39 is 0 Å². The lowest BCUT2D eigenvalue weighted by atomic mass is 10.1. The molecule has 0 aliphatic carbocycles. The van der Waals surface area contributed by atoms with E-state index in [2.05, 4.69) is 73.9 Å². The number of benzene rings is 2. The molecule has 0 saturated heterocycles. The van der Waals surface area contributed by atoms with Crippen LogP contribution in [-0.4, -0.2) is 4.57 Å². The minimum Gasteiger partial charge on any atom is -0.340 e. The van der Waals surface area contributed by atoms with Crippen molar-refractivity contribution in [3.05, 3.63) is 60.2 Å². The molecule has 3 aromatic rings. The molecule has 1 aromatic heterocycles. The third-order valence-corrected chi connectivity index (χ3v) is 3.64. The lowest BCUT2D eigenvalue weighted by Gasteiger charge is -2.13. The van der Waals surface area contributed by atoms with Crippen LogP contribution in [0.25, 0.3) is 22.2 Å². The molecule has 1 heterocycles. The maximum atomic E-state index is 3.18. The number of aromatic nitrogens is 1. The quantitative estimate of drug-likeness (QED) is 0.621. The van der Waals surface area contributed by atoms with Crippen molar-refractivity contribution in [2.24, 2.45) is 5.92 Å². The first-order valence-corrected chi connectivity index (χ1v) is 7.21. The highest BCUT2D eigenvalue weighted by Crippen LogP contribution is 2.29. The van der Waals surface area contributed by atoms with E-state index in [0.717, 1.165) is 6.54 Å². The fourth-order valence-electron chi connectivity index (χ4n) is 2.68. The summed E-state index contributed by atoms with van der Waals surface area (Å²) in [6, 6.07) is 20.5.